The summed E-state index contributed by atoms with van der Waals surface area (Å²) in [6.45, 7) is 0.640. The Labute approximate surface area is 105 Å². The molecule has 1 aromatic rings. The van der Waals surface area contributed by atoms with E-state index < -0.39 is 6.09 Å². The molecule has 0 heterocycles. The van der Waals surface area contributed by atoms with Gasteiger partial charge < -0.3 is 9.47 Å². The highest BCUT2D eigenvalue weighted by atomic mass is 35.5. The van der Waals surface area contributed by atoms with Crippen LogP contribution in [-0.2, 0) is 9.47 Å². The van der Waals surface area contributed by atoms with Gasteiger partial charge in [-0.3, -0.25) is 5.32 Å². The van der Waals surface area contributed by atoms with E-state index in [0.717, 1.165) is 0 Å². The third-order valence-corrected chi connectivity index (χ3v) is 1.99. The number of terminal acetylenes is 1. The maximum absolute atomic E-state index is 11.3. The lowest BCUT2D eigenvalue weighted by atomic mass is 10.3. The molecular weight excluding hydrogens is 242 g/mol. The first-order chi connectivity index (χ1) is 8.22. The Morgan fingerprint density at radius 1 is 1.35 bits per heavy atom. The first kappa shape index (κ1) is 13.4. The largest absolute Gasteiger partial charge is 0.447 e. The molecule has 17 heavy (non-hydrogen) atoms. The minimum absolute atomic E-state index is 0.154. The third-order valence-electron chi connectivity index (χ3n) is 1.74. The van der Waals surface area contributed by atoms with Crippen molar-refractivity contribution in [1.29, 1.82) is 0 Å². The average molecular weight is 254 g/mol. The van der Waals surface area contributed by atoms with Crippen LogP contribution in [0.1, 0.15) is 0 Å². The van der Waals surface area contributed by atoms with E-state index in [4.69, 9.17) is 27.5 Å². The van der Waals surface area contributed by atoms with Crippen LogP contribution in [0.5, 0.6) is 0 Å². The lowest BCUT2D eigenvalue weighted by Crippen LogP contribution is -2.16. The number of hydrogen-bond donors (Lipinski definition) is 1. The smallest absolute Gasteiger partial charge is 0.411 e. The molecule has 5 heteroatoms. The Balaban J connectivity index is 2.21. The van der Waals surface area contributed by atoms with E-state index in [9.17, 15) is 4.79 Å². The molecule has 1 aromatic carbocycles. The maximum Gasteiger partial charge on any atom is 0.411 e. The van der Waals surface area contributed by atoms with Crippen molar-refractivity contribution in [3.63, 3.8) is 0 Å². The molecule has 0 saturated carbocycles. The first-order valence-corrected chi connectivity index (χ1v) is 5.30. The second-order valence-electron chi connectivity index (χ2n) is 3.02. The third kappa shape index (κ3) is 5.81. The highest BCUT2D eigenvalue weighted by Crippen LogP contribution is 2.13. The van der Waals surface area contributed by atoms with Crippen LogP contribution in [0.4, 0.5) is 10.5 Å². The molecule has 0 aliphatic heterocycles. The summed E-state index contributed by atoms with van der Waals surface area (Å²) in [5, 5.41) is 3.15. The summed E-state index contributed by atoms with van der Waals surface area (Å²) in [7, 11) is 0. The number of halogens is 1. The number of benzene rings is 1. The Morgan fingerprint density at radius 2 is 2.06 bits per heavy atom. The number of carbonyl (C=O) groups is 1. The van der Waals surface area contributed by atoms with Crippen molar-refractivity contribution < 1.29 is 14.3 Å². The van der Waals surface area contributed by atoms with Crippen LogP contribution < -0.4 is 5.32 Å². The molecule has 0 aliphatic rings. The van der Waals surface area contributed by atoms with Gasteiger partial charge in [-0.15, -0.1) is 6.42 Å². The molecule has 0 unspecified atom stereocenters. The Kier molecular flexibility index (Phi) is 5.94. The summed E-state index contributed by atoms with van der Waals surface area (Å²) in [4.78, 5) is 11.3. The van der Waals surface area contributed by atoms with Crippen LogP contribution in [0.2, 0.25) is 5.02 Å². The van der Waals surface area contributed by atoms with Crippen LogP contribution in [0, 0.1) is 12.3 Å². The fraction of sp³-hybridized carbons (Fsp3) is 0.250. The van der Waals surface area contributed by atoms with Gasteiger partial charge in [0.1, 0.15) is 13.2 Å². The normalized spacial score (nSPS) is 9.41. The summed E-state index contributed by atoms with van der Waals surface area (Å²) >= 11 is 5.70. The van der Waals surface area contributed by atoms with Crippen LogP contribution in [0.3, 0.4) is 0 Å². The Morgan fingerprint density at radius 3 is 2.71 bits per heavy atom. The highest BCUT2D eigenvalue weighted by molar-refractivity contribution is 6.30. The summed E-state index contributed by atoms with van der Waals surface area (Å²) < 4.78 is 9.79. The van der Waals surface area contributed by atoms with Crippen molar-refractivity contribution in [2.24, 2.45) is 0 Å². The highest BCUT2D eigenvalue weighted by Gasteiger charge is 2.02. The van der Waals surface area contributed by atoms with Gasteiger partial charge in [-0.2, -0.15) is 0 Å². The molecule has 0 radical (unpaired) electrons. The van der Waals surface area contributed by atoms with Crippen molar-refractivity contribution in [2.75, 3.05) is 25.1 Å². The van der Waals surface area contributed by atoms with E-state index in [-0.39, 0.29) is 19.8 Å². The second kappa shape index (κ2) is 7.55. The number of rotatable bonds is 5. The summed E-state index contributed by atoms with van der Waals surface area (Å²) in [5.74, 6) is 2.31. The maximum atomic E-state index is 11.3. The molecular formula is C12H12ClNO3. The number of nitrogens with one attached hydrogen (secondary N) is 1. The van der Waals surface area contributed by atoms with Crippen LogP contribution in [-0.4, -0.2) is 25.9 Å². The van der Waals surface area contributed by atoms with E-state index in [2.05, 4.69) is 11.2 Å². The molecule has 0 spiro atoms. The molecule has 1 rings (SSSR count). The van der Waals surface area contributed by atoms with Crippen LogP contribution in [0.25, 0.3) is 0 Å². The van der Waals surface area contributed by atoms with Crippen molar-refractivity contribution in [1.82, 2.24) is 0 Å². The van der Waals surface area contributed by atoms with Crippen molar-refractivity contribution >= 4 is 23.4 Å². The molecule has 90 valence electrons. The second-order valence-corrected chi connectivity index (χ2v) is 3.46. The number of anilines is 1. The lowest BCUT2D eigenvalue weighted by molar-refractivity contribution is 0.0943. The van der Waals surface area contributed by atoms with Crippen molar-refractivity contribution in [3.8, 4) is 12.3 Å². The minimum atomic E-state index is -0.545. The fourth-order valence-electron chi connectivity index (χ4n) is 1.01. The van der Waals surface area contributed by atoms with Gasteiger partial charge in [0.2, 0.25) is 0 Å². The molecule has 0 aliphatic carbocycles. The Hall–Kier alpha value is -1.70. The lowest BCUT2D eigenvalue weighted by Gasteiger charge is -2.06. The number of ether oxygens (including phenoxy) is 2. The molecule has 1 N–H and O–H groups in total. The molecule has 0 atom stereocenters. The molecule has 1 amide bonds. The predicted octanol–water partition coefficient (Wildman–Crippen LogP) is 2.54. The van der Waals surface area contributed by atoms with Gasteiger partial charge in [0, 0.05) is 10.7 Å². The average Bonchev–Trinajstić information content (AvgIpc) is 2.32. The zero-order valence-electron chi connectivity index (χ0n) is 9.11. The fourth-order valence-corrected chi connectivity index (χ4v) is 1.14. The molecule has 4 nitrogen and oxygen atoms in total. The van der Waals surface area contributed by atoms with E-state index in [1.807, 2.05) is 0 Å². The van der Waals surface area contributed by atoms with E-state index in [1.165, 1.54) is 0 Å². The summed E-state index contributed by atoms with van der Waals surface area (Å²) in [6, 6.07) is 6.71. The van der Waals surface area contributed by atoms with Gasteiger partial charge in [-0.1, -0.05) is 17.5 Å². The van der Waals surface area contributed by atoms with Gasteiger partial charge in [0.05, 0.1) is 6.61 Å². The van der Waals surface area contributed by atoms with E-state index in [1.54, 1.807) is 24.3 Å². The predicted molar refractivity (Wildman–Crippen MR) is 66.1 cm³/mol. The number of amides is 1. The van der Waals surface area contributed by atoms with Gasteiger partial charge in [0.15, 0.2) is 0 Å². The van der Waals surface area contributed by atoms with Gasteiger partial charge in [0.25, 0.3) is 0 Å². The summed E-state index contributed by atoms with van der Waals surface area (Å²) in [6.07, 6.45) is 4.43. The minimum Gasteiger partial charge on any atom is -0.447 e. The topological polar surface area (TPSA) is 47.6 Å². The van der Waals surface area contributed by atoms with Crippen LogP contribution >= 0.6 is 11.6 Å². The van der Waals surface area contributed by atoms with Crippen molar-refractivity contribution in [2.45, 2.75) is 0 Å². The monoisotopic (exact) mass is 253 g/mol. The quantitative estimate of drug-likeness (QED) is 0.648. The molecule has 0 fully saturated rings. The number of carbonyl (C=O) groups excluding carboxylic acids is 1. The SMILES string of the molecule is C#CCOCCOC(=O)Nc1ccc(Cl)cc1. The van der Waals surface area contributed by atoms with Gasteiger partial charge in [-0.25, -0.2) is 4.79 Å². The zero-order valence-corrected chi connectivity index (χ0v) is 9.87. The molecule has 0 saturated heterocycles. The van der Waals surface area contributed by atoms with Gasteiger partial charge >= 0.3 is 6.09 Å². The molecule has 0 bridgehead atoms. The van der Waals surface area contributed by atoms with Crippen molar-refractivity contribution in [3.05, 3.63) is 29.3 Å². The summed E-state index contributed by atoms with van der Waals surface area (Å²) in [5.41, 5.74) is 0.615. The standard InChI is InChI=1S/C12H12ClNO3/c1-2-7-16-8-9-17-12(15)14-11-5-3-10(13)4-6-11/h1,3-6H,7-9H2,(H,14,15). The van der Waals surface area contributed by atoms with Gasteiger partial charge in [-0.05, 0) is 24.3 Å². The molecule has 0 aromatic heterocycles. The van der Waals surface area contributed by atoms with E-state index >= 15 is 0 Å². The first-order valence-electron chi connectivity index (χ1n) is 4.93. The van der Waals surface area contributed by atoms with Crippen LogP contribution in [0.15, 0.2) is 24.3 Å². The number of hydrogen-bond acceptors (Lipinski definition) is 3. The Bertz CT molecular complexity index is 397. The zero-order chi connectivity index (χ0) is 12.5. The van der Waals surface area contributed by atoms with E-state index in [0.29, 0.717) is 10.7 Å².